The summed E-state index contributed by atoms with van der Waals surface area (Å²) in [5.41, 5.74) is 0.627. The van der Waals surface area contributed by atoms with E-state index in [1.165, 1.54) is 0 Å². The fourth-order valence-corrected chi connectivity index (χ4v) is 1.32. The van der Waals surface area contributed by atoms with Crippen molar-refractivity contribution in [1.29, 1.82) is 5.26 Å². The van der Waals surface area contributed by atoms with Crippen molar-refractivity contribution in [3.05, 3.63) is 29.8 Å². The third kappa shape index (κ3) is 5.34. The van der Waals surface area contributed by atoms with E-state index in [2.05, 4.69) is 6.07 Å². The Morgan fingerprint density at radius 3 is 2.53 bits per heavy atom. The van der Waals surface area contributed by atoms with Crippen LogP contribution in [0.2, 0.25) is 0 Å². The van der Waals surface area contributed by atoms with Crippen LogP contribution >= 0.6 is 0 Å². The van der Waals surface area contributed by atoms with E-state index in [9.17, 15) is 0 Å². The minimum Gasteiger partial charge on any atom is -0.491 e. The Morgan fingerprint density at radius 2 is 1.94 bits per heavy atom. The first kappa shape index (κ1) is 13.5. The van der Waals surface area contributed by atoms with Crippen LogP contribution < -0.4 is 4.74 Å². The van der Waals surface area contributed by atoms with Gasteiger partial charge in [0.05, 0.1) is 31.0 Å². The molecule has 92 valence electrons. The molecule has 1 aromatic carbocycles. The lowest BCUT2D eigenvalue weighted by molar-refractivity contribution is -0.00214. The van der Waals surface area contributed by atoms with Crippen molar-refractivity contribution in [2.24, 2.45) is 0 Å². The number of nitriles is 1. The first-order valence-electron chi connectivity index (χ1n) is 5.49. The van der Waals surface area contributed by atoms with E-state index >= 15 is 0 Å². The first-order chi connectivity index (χ1) is 8.26. The highest BCUT2D eigenvalue weighted by Gasteiger charge is 2.00. The number of hydrogen-bond acceptors (Lipinski definition) is 4. The molecule has 4 heteroatoms. The summed E-state index contributed by atoms with van der Waals surface area (Å²) in [5, 5.41) is 8.63. The molecule has 0 heterocycles. The summed E-state index contributed by atoms with van der Waals surface area (Å²) in [7, 11) is 1.65. The van der Waals surface area contributed by atoms with Crippen LogP contribution in [-0.4, -0.2) is 33.0 Å². The summed E-state index contributed by atoms with van der Waals surface area (Å²) in [5.74, 6) is 0.743. The maximum absolute atomic E-state index is 8.63. The molecule has 0 aliphatic heterocycles. The molecule has 1 unspecified atom stereocenters. The fraction of sp³-hybridized carbons (Fsp3) is 0.462. The van der Waals surface area contributed by atoms with E-state index in [0.717, 1.165) is 5.75 Å². The van der Waals surface area contributed by atoms with Crippen LogP contribution in [-0.2, 0) is 9.47 Å². The van der Waals surface area contributed by atoms with Crippen LogP contribution in [0.3, 0.4) is 0 Å². The van der Waals surface area contributed by atoms with Gasteiger partial charge in [-0.25, -0.2) is 0 Å². The Balaban J connectivity index is 2.20. The smallest absolute Gasteiger partial charge is 0.119 e. The zero-order chi connectivity index (χ0) is 12.5. The molecule has 1 aromatic rings. The topological polar surface area (TPSA) is 51.5 Å². The van der Waals surface area contributed by atoms with Gasteiger partial charge in [0, 0.05) is 7.11 Å². The average Bonchev–Trinajstić information content (AvgIpc) is 2.36. The largest absolute Gasteiger partial charge is 0.491 e. The van der Waals surface area contributed by atoms with Gasteiger partial charge in [-0.2, -0.15) is 5.26 Å². The number of ether oxygens (including phenoxy) is 3. The monoisotopic (exact) mass is 235 g/mol. The van der Waals surface area contributed by atoms with E-state index in [0.29, 0.717) is 25.4 Å². The van der Waals surface area contributed by atoms with Gasteiger partial charge in [-0.05, 0) is 31.2 Å². The second kappa shape index (κ2) is 7.66. The highest BCUT2D eigenvalue weighted by Crippen LogP contribution is 2.11. The molecule has 0 saturated heterocycles. The Morgan fingerprint density at radius 1 is 1.24 bits per heavy atom. The molecular weight excluding hydrogens is 218 g/mol. The predicted octanol–water partition coefficient (Wildman–Crippen LogP) is 1.99. The first-order valence-corrected chi connectivity index (χ1v) is 5.49. The van der Waals surface area contributed by atoms with Crippen molar-refractivity contribution in [1.82, 2.24) is 0 Å². The van der Waals surface area contributed by atoms with Crippen LogP contribution in [0.4, 0.5) is 0 Å². The standard InChI is InChI=1S/C13H17NO3/c1-11(10-15-2)16-7-8-17-13-5-3-12(9-14)4-6-13/h3-6,11H,7-8,10H2,1-2H3. The Hall–Kier alpha value is -1.57. The van der Waals surface area contributed by atoms with Gasteiger partial charge in [0.2, 0.25) is 0 Å². The van der Waals surface area contributed by atoms with E-state index in [-0.39, 0.29) is 6.10 Å². The molecule has 1 atom stereocenters. The summed E-state index contributed by atoms with van der Waals surface area (Å²) >= 11 is 0. The van der Waals surface area contributed by atoms with Gasteiger partial charge >= 0.3 is 0 Å². The van der Waals surface area contributed by atoms with Crippen LogP contribution in [0.5, 0.6) is 5.75 Å². The summed E-state index contributed by atoms with van der Waals surface area (Å²) in [6.07, 6.45) is 0.0737. The van der Waals surface area contributed by atoms with Gasteiger partial charge in [0.1, 0.15) is 12.4 Å². The molecule has 0 N–H and O–H groups in total. The number of nitrogens with zero attached hydrogens (tertiary/aromatic N) is 1. The average molecular weight is 235 g/mol. The third-order valence-corrected chi connectivity index (χ3v) is 2.14. The van der Waals surface area contributed by atoms with Crippen molar-refractivity contribution in [2.75, 3.05) is 26.9 Å². The minimum atomic E-state index is 0.0737. The maximum atomic E-state index is 8.63. The van der Waals surface area contributed by atoms with Crippen LogP contribution in [0.1, 0.15) is 12.5 Å². The maximum Gasteiger partial charge on any atom is 0.119 e. The molecule has 17 heavy (non-hydrogen) atoms. The van der Waals surface area contributed by atoms with Crippen LogP contribution in [0.25, 0.3) is 0 Å². The molecule has 0 amide bonds. The normalized spacial score (nSPS) is 11.8. The Kier molecular flexibility index (Phi) is 6.08. The van der Waals surface area contributed by atoms with Gasteiger partial charge in [-0.15, -0.1) is 0 Å². The number of hydrogen-bond donors (Lipinski definition) is 0. The Labute approximate surface area is 102 Å². The molecule has 1 rings (SSSR count). The van der Waals surface area contributed by atoms with Gasteiger partial charge < -0.3 is 14.2 Å². The lowest BCUT2D eigenvalue weighted by atomic mass is 10.2. The van der Waals surface area contributed by atoms with Crippen molar-refractivity contribution in [2.45, 2.75) is 13.0 Å². The van der Waals surface area contributed by atoms with Crippen molar-refractivity contribution in [3.8, 4) is 11.8 Å². The highest BCUT2D eigenvalue weighted by atomic mass is 16.5. The van der Waals surface area contributed by atoms with Gasteiger partial charge in [-0.3, -0.25) is 0 Å². The lowest BCUT2D eigenvalue weighted by Crippen LogP contribution is -2.18. The molecule has 0 radical (unpaired) electrons. The Bertz CT molecular complexity index is 356. The summed E-state index contributed by atoms with van der Waals surface area (Å²) in [4.78, 5) is 0. The van der Waals surface area contributed by atoms with Crippen molar-refractivity contribution >= 4 is 0 Å². The minimum absolute atomic E-state index is 0.0737. The zero-order valence-corrected chi connectivity index (χ0v) is 10.2. The third-order valence-electron chi connectivity index (χ3n) is 2.14. The van der Waals surface area contributed by atoms with E-state index in [1.807, 2.05) is 6.92 Å². The summed E-state index contributed by atoms with van der Waals surface area (Å²) in [6.45, 7) is 3.53. The quantitative estimate of drug-likeness (QED) is 0.678. The van der Waals surface area contributed by atoms with Crippen LogP contribution in [0, 0.1) is 11.3 Å². The number of methoxy groups -OCH3 is 1. The molecule has 4 nitrogen and oxygen atoms in total. The van der Waals surface area contributed by atoms with Crippen LogP contribution in [0.15, 0.2) is 24.3 Å². The number of rotatable bonds is 7. The molecule has 0 aliphatic rings. The second-order valence-electron chi connectivity index (χ2n) is 3.62. The van der Waals surface area contributed by atoms with Crippen molar-refractivity contribution in [3.63, 3.8) is 0 Å². The number of benzene rings is 1. The predicted molar refractivity (Wildman–Crippen MR) is 63.9 cm³/mol. The fourth-order valence-electron chi connectivity index (χ4n) is 1.32. The molecular formula is C13H17NO3. The van der Waals surface area contributed by atoms with Gasteiger partial charge in [0.25, 0.3) is 0 Å². The molecule has 0 saturated carbocycles. The highest BCUT2D eigenvalue weighted by molar-refractivity contribution is 5.34. The SMILES string of the molecule is COCC(C)OCCOc1ccc(C#N)cc1. The van der Waals surface area contributed by atoms with Crippen molar-refractivity contribution < 1.29 is 14.2 Å². The molecule has 0 aliphatic carbocycles. The summed E-state index contributed by atoms with van der Waals surface area (Å²) < 4.78 is 15.9. The lowest BCUT2D eigenvalue weighted by Gasteiger charge is -2.12. The summed E-state index contributed by atoms with van der Waals surface area (Å²) in [6, 6.07) is 9.06. The van der Waals surface area contributed by atoms with Gasteiger partial charge in [-0.1, -0.05) is 0 Å². The second-order valence-corrected chi connectivity index (χ2v) is 3.62. The molecule has 0 bridgehead atoms. The van der Waals surface area contributed by atoms with E-state index < -0.39 is 0 Å². The molecule has 0 fully saturated rings. The van der Waals surface area contributed by atoms with E-state index in [4.69, 9.17) is 19.5 Å². The zero-order valence-electron chi connectivity index (χ0n) is 10.2. The van der Waals surface area contributed by atoms with Gasteiger partial charge in [0.15, 0.2) is 0 Å². The molecule has 0 aromatic heterocycles. The molecule has 0 spiro atoms. The van der Waals surface area contributed by atoms with E-state index in [1.54, 1.807) is 31.4 Å².